The van der Waals surface area contributed by atoms with Gasteiger partial charge < -0.3 is 25.4 Å². The number of piperidine rings is 1. The third-order valence-corrected chi connectivity index (χ3v) is 6.51. The smallest absolute Gasteiger partial charge is 0.337 e. The molecule has 0 aliphatic carbocycles. The molecule has 5 N–H and O–H groups in total. The lowest BCUT2D eigenvalue weighted by Gasteiger charge is -2.25. The van der Waals surface area contributed by atoms with Crippen LogP contribution in [-0.2, 0) is 0 Å². The second-order valence-corrected chi connectivity index (χ2v) is 9.26. The molecule has 3 amide bonds. The van der Waals surface area contributed by atoms with Crippen LogP contribution in [0, 0.1) is 13.8 Å². The quantitative estimate of drug-likeness (QED) is 0.261. The molecular formula is C27H31ClN6O4. The van der Waals surface area contributed by atoms with E-state index in [2.05, 4.69) is 31.8 Å². The molecule has 0 bridgehead atoms. The Bertz CT molecular complexity index is 1310. The highest BCUT2D eigenvalue weighted by Gasteiger charge is 2.18. The molecule has 1 saturated heterocycles. The topological polar surface area (TPSA) is 126 Å². The zero-order chi connectivity index (χ0) is 27.1. The van der Waals surface area contributed by atoms with Crippen molar-refractivity contribution in [2.75, 3.05) is 30.9 Å². The number of halogens is 1. The maximum atomic E-state index is 12.8. The predicted octanol–water partition coefficient (Wildman–Crippen LogP) is 4.78. The molecular weight excluding hydrogens is 508 g/mol. The monoisotopic (exact) mass is 538 g/mol. The van der Waals surface area contributed by atoms with E-state index < -0.39 is 6.03 Å². The second-order valence-electron chi connectivity index (χ2n) is 8.86. The molecule has 38 heavy (non-hydrogen) atoms. The minimum atomic E-state index is -0.475. The molecule has 0 atom stereocenters. The lowest BCUT2D eigenvalue weighted by atomic mass is 10.1. The first kappa shape index (κ1) is 27.0. The number of nitrogens with zero attached hydrogens (tertiary/aromatic N) is 1. The fourth-order valence-corrected chi connectivity index (χ4v) is 4.10. The average molecular weight is 539 g/mol. The first-order valence-corrected chi connectivity index (χ1v) is 12.7. The van der Waals surface area contributed by atoms with Crippen LogP contribution in [0.5, 0.6) is 17.2 Å². The molecule has 1 aliphatic heterocycles. The van der Waals surface area contributed by atoms with Crippen LogP contribution in [0.1, 0.15) is 34.5 Å². The number of nitrogens with one attached hydrogen (secondary N) is 5. The van der Waals surface area contributed by atoms with Crippen LogP contribution in [0.3, 0.4) is 0 Å². The Morgan fingerprint density at radius 2 is 1.84 bits per heavy atom. The highest BCUT2D eigenvalue weighted by Crippen LogP contribution is 2.33. The Hall–Kier alpha value is -4.02. The van der Waals surface area contributed by atoms with E-state index in [0.717, 1.165) is 37.1 Å². The summed E-state index contributed by atoms with van der Waals surface area (Å²) in [6.45, 7) is 5.49. The van der Waals surface area contributed by atoms with Gasteiger partial charge in [0.25, 0.3) is 5.91 Å². The van der Waals surface area contributed by atoms with Gasteiger partial charge in [0.2, 0.25) is 0 Å². The SMILES string of the molecule is CNC(=O)c1cc(Oc2cccc(NNC(=O)Nc3cc(C)c(Cl)cc3OC3CCNCC3)c2C)ccn1. The van der Waals surface area contributed by atoms with Crippen LogP contribution in [0.4, 0.5) is 16.2 Å². The van der Waals surface area contributed by atoms with Gasteiger partial charge in [-0.2, -0.15) is 0 Å². The molecule has 1 aromatic heterocycles. The number of amides is 3. The number of ether oxygens (including phenoxy) is 2. The molecule has 1 fully saturated rings. The molecule has 0 spiro atoms. The van der Waals surface area contributed by atoms with Crippen LogP contribution >= 0.6 is 11.6 Å². The summed E-state index contributed by atoms with van der Waals surface area (Å²) >= 11 is 6.33. The van der Waals surface area contributed by atoms with Crippen LogP contribution in [-0.4, -0.2) is 43.2 Å². The Morgan fingerprint density at radius 3 is 2.61 bits per heavy atom. The number of benzene rings is 2. The molecule has 0 unspecified atom stereocenters. The predicted molar refractivity (Wildman–Crippen MR) is 147 cm³/mol. The minimum Gasteiger partial charge on any atom is -0.488 e. The summed E-state index contributed by atoms with van der Waals surface area (Å²) in [6.07, 6.45) is 3.31. The van der Waals surface area contributed by atoms with Crippen molar-refractivity contribution in [1.82, 2.24) is 21.0 Å². The summed E-state index contributed by atoms with van der Waals surface area (Å²) < 4.78 is 12.2. The number of carbonyl (C=O) groups excluding carboxylic acids is 2. The number of hydrogen-bond acceptors (Lipinski definition) is 7. The number of aromatic nitrogens is 1. The molecule has 1 aliphatic rings. The minimum absolute atomic E-state index is 0.0509. The summed E-state index contributed by atoms with van der Waals surface area (Å²) in [7, 11) is 1.54. The zero-order valence-electron chi connectivity index (χ0n) is 21.5. The van der Waals surface area contributed by atoms with Crippen molar-refractivity contribution >= 4 is 34.9 Å². The molecule has 0 radical (unpaired) electrons. The van der Waals surface area contributed by atoms with Crippen LogP contribution < -0.4 is 36.3 Å². The molecule has 2 aromatic carbocycles. The Kier molecular flexibility index (Phi) is 8.88. The number of anilines is 2. The summed E-state index contributed by atoms with van der Waals surface area (Å²) in [5, 5.41) is 9.26. The highest BCUT2D eigenvalue weighted by atomic mass is 35.5. The number of carbonyl (C=O) groups is 2. The number of rotatable bonds is 8. The Morgan fingerprint density at radius 1 is 1.05 bits per heavy atom. The van der Waals surface area contributed by atoms with Gasteiger partial charge in [0.05, 0.1) is 11.4 Å². The molecule has 10 nitrogen and oxygen atoms in total. The summed E-state index contributed by atoms with van der Waals surface area (Å²) in [6, 6.07) is 11.7. The largest absolute Gasteiger partial charge is 0.488 e. The van der Waals surface area contributed by atoms with Crippen molar-refractivity contribution in [1.29, 1.82) is 0 Å². The van der Waals surface area contributed by atoms with Gasteiger partial charge in [-0.3, -0.25) is 20.6 Å². The van der Waals surface area contributed by atoms with E-state index in [9.17, 15) is 9.59 Å². The first-order chi connectivity index (χ1) is 18.3. The van der Waals surface area contributed by atoms with Gasteiger partial charge in [-0.25, -0.2) is 4.79 Å². The zero-order valence-corrected chi connectivity index (χ0v) is 22.2. The van der Waals surface area contributed by atoms with Gasteiger partial charge >= 0.3 is 6.03 Å². The average Bonchev–Trinajstić information content (AvgIpc) is 2.92. The van der Waals surface area contributed by atoms with E-state index >= 15 is 0 Å². The van der Waals surface area contributed by atoms with E-state index in [0.29, 0.717) is 33.6 Å². The number of aryl methyl sites for hydroxylation is 1. The third kappa shape index (κ3) is 6.84. The molecule has 2 heterocycles. The molecule has 4 rings (SSSR count). The van der Waals surface area contributed by atoms with Gasteiger partial charge in [-0.15, -0.1) is 0 Å². The number of pyridine rings is 1. The van der Waals surface area contributed by atoms with Crippen LogP contribution in [0.25, 0.3) is 0 Å². The molecule has 0 saturated carbocycles. The lowest BCUT2D eigenvalue weighted by molar-refractivity contribution is 0.0957. The van der Waals surface area contributed by atoms with E-state index in [1.54, 1.807) is 36.4 Å². The van der Waals surface area contributed by atoms with E-state index in [4.69, 9.17) is 21.1 Å². The number of hydrogen-bond donors (Lipinski definition) is 5. The highest BCUT2D eigenvalue weighted by molar-refractivity contribution is 6.31. The summed E-state index contributed by atoms with van der Waals surface area (Å²) in [5.74, 6) is 1.24. The maximum Gasteiger partial charge on any atom is 0.337 e. The van der Waals surface area contributed by atoms with Crippen molar-refractivity contribution in [2.24, 2.45) is 0 Å². The fraction of sp³-hybridized carbons (Fsp3) is 0.296. The van der Waals surface area contributed by atoms with Crippen molar-refractivity contribution < 1.29 is 19.1 Å². The van der Waals surface area contributed by atoms with Crippen molar-refractivity contribution in [3.05, 3.63) is 70.5 Å². The standard InChI is InChI=1S/C27H31ClN6O4/c1-16-13-22(25(15-20(16)28)37-18-7-10-30-11-8-18)32-27(36)34-33-21-5-4-6-24(17(21)2)38-19-9-12-31-23(14-19)26(35)29-3/h4-6,9,12-15,18,30,33H,7-8,10-11H2,1-3H3,(H,29,35)(H2,32,34,36). The normalized spacial score (nSPS) is 13.4. The second kappa shape index (κ2) is 12.5. The van der Waals surface area contributed by atoms with Crippen molar-refractivity contribution in [2.45, 2.75) is 32.8 Å². The van der Waals surface area contributed by atoms with Crippen molar-refractivity contribution in [3.8, 4) is 17.2 Å². The summed E-state index contributed by atoms with van der Waals surface area (Å²) in [5.41, 5.74) is 8.58. The molecule has 3 aromatic rings. The number of urea groups is 1. The lowest BCUT2D eigenvalue weighted by Crippen LogP contribution is -2.35. The van der Waals surface area contributed by atoms with E-state index in [1.165, 1.54) is 13.2 Å². The van der Waals surface area contributed by atoms with Gasteiger partial charge in [-0.1, -0.05) is 17.7 Å². The van der Waals surface area contributed by atoms with Gasteiger partial charge in [-0.05, 0) is 69.6 Å². The third-order valence-electron chi connectivity index (χ3n) is 6.10. The first-order valence-electron chi connectivity index (χ1n) is 12.3. The van der Waals surface area contributed by atoms with Crippen LogP contribution in [0.2, 0.25) is 5.02 Å². The maximum absolute atomic E-state index is 12.8. The Balaban J connectivity index is 1.42. The Labute approximate surface area is 226 Å². The fourth-order valence-electron chi connectivity index (χ4n) is 3.94. The van der Waals surface area contributed by atoms with E-state index in [-0.39, 0.29) is 17.7 Å². The number of hydrazine groups is 1. The summed E-state index contributed by atoms with van der Waals surface area (Å²) in [4.78, 5) is 28.7. The van der Waals surface area contributed by atoms with Crippen molar-refractivity contribution in [3.63, 3.8) is 0 Å². The van der Waals surface area contributed by atoms with Gasteiger partial charge in [0.1, 0.15) is 29.0 Å². The van der Waals surface area contributed by atoms with Gasteiger partial charge in [0.15, 0.2) is 0 Å². The van der Waals surface area contributed by atoms with Crippen LogP contribution in [0.15, 0.2) is 48.7 Å². The molecule has 11 heteroatoms. The van der Waals surface area contributed by atoms with E-state index in [1.807, 2.05) is 19.9 Å². The van der Waals surface area contributed by atoms with Gasteiger partial charge in [0, 0.05) is 36.0 Å². The molecule has 200 valence electrons.